The van der Waals surface area contributed by atoms with Crippen LogP contribution in [0.1, 0.15) is 13.8 Å². The van der Waals surface area contributed by atoms with Gasteiger partial charge in [-0.1, -0.05) is 11.6 Å². The minimum absolute atomic E-state index is 0.407. The third-order valence-electron chi connectivity index (χ3n) is 1.30. The Morgan fingerprint density at radius 1 is 1.60 bits per heavy atom. The van der Waals surface area contributed by atoms with Crippen molar-refractivity contribution in [2.45, 2.75) is 19.4 Å². The molecule has 0 aliphatic heterocycles. The summed E-state index contributed by atoms with van der Waals surface area (Å²) in [6.07, 6.45) is 1.92. The molecule has 0 fully saturated rings. The first-order valence-corrected chi connectivity index (χ1v) is 3.29. The number of hydrogen-bond acceptors (Lipinski definition) is 2. The summed E-state index contributed by atoms with van der Waals surface area (Å²) in [6.45, 7) is 3.57. The molecule has 58 valence electrons. The molecule has 0 aliphatic carbocycles. The van der Waals surface area contributed by atoms with Crippen molar-refractivity contribution in [3.8, 4) is 0 Å². The lowest BCUT2D eigenvalue weighted by atomic mass is 10.1. The van der Waals surface area contributed by atoms with Crippen molar-refractivity contribution in [2.24, 2.45) is 0 Å². The summed E-state index contributed by atoms with van der Waals surface area (Å²) in [5, 5.41) is 0.407. The number of rotatable bonds is 3. The zero-order valence-electron chi connectivity index (χ0n) is 6.35. The first-order chi connectivity index (χ1) is 4.54. The number of methoxy groups -OCH3 is 1. The van der Waals surface area contributed by atoms with Crippen LogP contribution in [0.3, 0.4) is 0 Å². The molecular formula is C7H11ClO2. The van der Waals surface area contributed by atoms with Crippen LogP contribution in [0.2, 0.25) is 0 Å². The van der Waals surface area contributed by atoms with Crippen LogP contribution in [0.5, 0.6) is 0 Å². The maximum atomic E-state index is 9.96. The van der Waals surface area contributed by atoms with E-state index in [-0.39, 0.29) is 0 Å². The minimum Gasteiger partial charge on any atom is -0.373 e. The zero-order chi connectivity index (χ0) is 8.20. The van der Waals surface area contributed by atoms with Gasteiger partial charge in [-0.2, -0.15) is 0 Å². The van der Waals surface area contributed by atoms with E-state index >= 15 is 0 Å². The van der Waals surface area contributed by atoms with Gasteiger partial charge in [-0.15, -0.1) is 0 Å². The lowest BCUT2D eigenvalue weighted by Gasteiger charge is -2.21. The number of carbonyl (C=O) groups excluding carboxylic acids is 1. The normalized spacial score (nSPS) is 13.4. The number of carbonyl (C=O) groups is 1. The van der Waals surface area contributed by atoms with E-state index in [1.807, 2.05) is 0 Å². The monoisotopic (exact) mass is 162 g/mol. The summed E-state index contributed by atoms with van der Waals surface area (Å²) in [6, 6.07) is 0. The van der Waals surface area contributed by atoms with Gasteiger partial charge in [0.05, 0.1) is 10.6 Å². The van der Waals surface area contributed by atoms with E-state index < -0.39 is 5.60 Å². The van der Waals surface area contributed by atoms with E-state index in [0.717, 1.165) is 0 Å². The van der Waals surface area contributed by atoms with Crippen molar-refractivity contribution >= 4 is 17.9 Å². The molecule has 0 atom stereocenters. The van der Waals surface area contributed by atoms with Gasteiger partial charge in [-0.05, 0) is 19.9 Å². The quantitative estimate of drug-likeness (QED) is 0.467. The predicted molar refractivity (Wildman–Crippen MR) is 41.1 cm³/mol. The Morgan fingerprint density at radius 2 is 2.10 bits per heavy atom. The predicted octanol–water partition coefficient (Wildman–Crippen LogP) is 1.73. The van der Waals surface area contributed by atoms with Gasteiger partial charge in [0, 0.05) is 7.11 Å². The highest BCUT2D eigenvalue weighted by atomic mass is 35.5. The van der Waals surface area contributed by atoms with Gasteiger partial charge in [0.15, 0.2) is 0 Å². The fourth-order valence-corrected chi connectivity index (χ4v) is 0.487. The Hall–Kier alpha value is -0.340. The molecule has 0 saturated carbocycles. The molecule has 0 spiro atoms. The Balaban J connectivity index is 4.31. The summed E-state index contributed by atoms with van der Waals surface area (Å²) in [5.74, 6) is 0. The smallest absolute Gasteiger partial charge is 0.144 e. The van der Waals surface area contributed by atoms with Crippen LogP contribution < -0.4 is 0 Å². The van der Waals surface area contributed by atoms with E-state index in [9.17, 15) is 4.79 Å². The first kappa shape index (κ1) is 9.66. The Kier molecular flexibility index (Phi) is 3.61. The second kappa shape index (κ2) is 3.74. The van der Waals surface area contributed by atoms with E-state index in [4.69, 9.17) is 16.3 Å². The molecule has 0 unspecified atom stereocenters. The fourth-order valence-electron chi connectivity index (χ4n) is 0.358. The first-order valence-electron chi connectivity index (χ1n) is 2.91. The van der Waals surface area contributed by atoms with E-state index in [2.05, 4.69) is 0 Å². The second-order valence-corrected chi connectivity index (χ2v) is 2.77. The van der Waals surface area contributed by atoms with Gasteiger partial charge >= 0.3 is 0 Å². The van der Waals surface area contributed by atoms with E-state index in [1.54, 1.807) is 21.0 Å². The highest BCUT2D eigenvalue weighted by molar-refractivity contribution is 6.31. The topological polar surface area (TPSA) is 26.3 Å². The molecule has 0 rings (SSSR count). The molecule has 0 aliphatic rings. The van der Waals surface area contributed by atoms with Crippen LogP contribution in [0.4, 0.5) is 0 Å². The third-order valence-corrected chi connectivity index (χ3v) is 1.88. The van der Waals surface area contributed by atoms with Gasteiger partial charge in [0.1, 0.15) is 6.29 Å². The van der Waals surface area contributed by atoms with E-state index in [0.29, 0.717) is 11.3 Å². The molecule has 0 saturated heterocycles. The molecule has 2 nitrogen and oxygen atoms in total. The minimum atomic E-state index is -0.553. The maximum absolute atomic E-state index is 9.96. The van der Waals surface area contributed by atoms with Crippen molar-refractivity contribution < 1.29 is 9.53 Å². The van der Waals surface area contributed by atoms with Crippen molar-refractivity contribution in [3.63, 3.8) is 0 Å². The van der Waals surface area contributed by atoms with Crippen LogP contribution in [-0.2, 0) is 9.53 Å². The molecule has 0 aromatic rings. The Morgan fingerprint density at radius 3 is 2.40 bits per heavy atom. The summed E-state index contributed by atoms with van der Waals surface area (Å²) >= 11 is 5.68. The molecule has 0 bridgehead atoms. The van der Waals surface area contributed by atoms with Gasteiger partial charge in [0.25, 0.3) is 0 Å². The van der Waals surface area contributed by atoms with Crippen LogP contribution in [-0.4, -0.2) is 19.0 Å². The summed E-state index contributed by atoms with van der Waals surface area (Å²) in [7, 11) is 1.54. The molecule has 0 aromatic carbocycles. The molecule has 3 heteroatoms. The molecule has 0 N–H and O–H groups in total. The SMILES string of the molecule is COC(C)(C)/C(Cl)=C/C=O. The lowest BCUT2D eigenvalue weighted by Crippen LogP contribution is -2.22. The highest BCUT2D eigenvalue weighted by Gasteiger charge is 2.19. The summed E-state index contributed by atoms with van der Waals surface area (Å²) in [5.41, 5.74) is -0.553. The third kappa shape index (κ3) is 2.50. The van der Waals surface area contributed by atoms with Gasteiger partial charge in [-0.25, -0.2) is 0 Å². The number of allylic oxidation sites excluding steroid dienone is 1. The van der Waals surface area contributed by atoms with Gasteiger partial charge in [0.2, 0.25) is 0 Å². The van der Waals surface area contributed by atoms with Crippen molar-refractivity contribution in [1.82, 2.24) is 0 Å². The standard InChI is InChI=1S/C7H11ClO2/c1-7(2,10-3)6(8)4-5-9/h4-5H,1-3H3/b6-4-. The van der Waals surface area contributed by atoms with Crippen molar-refractivity contribution in [1.29, 1.82) is 0 Å². The van der Waals surface area contributed by atoms with Gasteiger partial charge in [-0.3, -0.25) is 4.79 Å². The van der Waals surface area contributed by atoms with Crippen LogP contribution in [0.15, 0.2) is 11.1 Å². The second-order valence-electron chi connectivity index (χ2n) is 2.37. The Bertz CT molecular complexity index is 150. The van der Waals surface area contributed by atoms with Crippen molar-refractivity contribution in [2.75, 3.05) is 7.11 Å². The highest BCUT2D eigenvalue weighted by Crippen LogP contribution is 2.22. The molecular weight excluding hydrogens is 152 g/mol. The molecule has 0 radical (unpaired) electrons. The van der Waals surface area contributed by atoms with Crippen LogP contribution in [0.25, 0.3) is 0 Å². The zero-order valence-corrected chi connectivity index (χ0v) is 7.11. The lowest BCUT2D eigenvalue weighted by molar-refractivity contribution is -0.104. The van der Waals surface area contributed by atoms with Crippen molar-refractivity contribution in [3.05, 3.63) is 11.1 Å². The molecule has 10 heavy (non-hydrogen) atoms. The summed E-state index contributed by atoms with van der Waals surface area (Å²) in [4.78, 5) is 9.96. The van der Waals surface area contributed by atoms with Crippen LogP contribution in [0, 0.1) is 0 Å². The number of halogens is 1. The molecule has 0 amide bonds. The summed E-state index contributed by atoms with van der Waals surface area (Å²) < 4.78 is 4.99. The van der Waals surface area contributed by atoms with E-state index in [1.165, 1.54) is 6.08 Å². The van der Waals surface area contributed by atoms with Crippen LogP contribution >= 0.6 is 11.6 Å². The number of ether oxygens (including phenoxy) is 1. The number of hydrogen-bond donors (Lipinski definition) is 0. The molecule has 0 heterocycles. The molecule has 0 aromatic heterocycles. The fraction of sp³-hybridized carbons (Fsp3) is 0.571. The average molecular weight is 163 g/mol. The maximum Gasteiger partial charge on any atom is 0.144 e. The number of aldehydes is 1. The Labute approximate surface area is 65.8 Å². The average Bonchev–Trinajstić information content (AvgIpc) is 1.89. The van der Waals surface area contributed by atoms with Gasteiger partial charge < -0.3 is 4.74 Å². The largest absolute Gasteiger partial charge is 0.373 e.